The summed E-state index contributed by atoms with van der Waals surface area (Å²) >= 11 is 0. The molecule has 0 saturated heterocycles. The molecule has 1 fully saturated rings. The standard InChI is InChI=1S/C14H18N2O5/c17-11-5-4-8(7-12(11)18)6-10(13(19)20)16-14(21)15-9-2-1-3-9/h4-5,7,9-10,17-18H,1-3,6H2,(H,19,20)(H2,15,16,21). The highest BCUT2D eigenvalue weighted by Crippen LogP contribution is 2.25. The molecule has 0 spiro atoms. The van der Waals surface area contributed by atoms with Crippen molar-refractivity contribution in [1.29, 1.82) is 0 Å². The molecule has 1 aromatic carbocycles. The minimum absolute atomic E-state index is 0.0151. The number of carboxylic acid groups (broad SMARTS) is 1. The lowest BCUT2D eigenvalue weighted by atomic mass is 9.93. The first-order chi connectivity index (χ1) is 9.95. The van der Waals surface area contributed by atoms with Crippen LogP contribution in [0.3, 0.4) is 0 Å². The Morgan fingerprint density at radius 2 is 1.95 bits per heavy atom. The van der Waals surface area contributed by atoms with E-state index in [4.69, 9.17) is 5.11 Å². The van der Waals surface area contributed by atoms with Crippen molar-refractivity contribution in [1.82, 2.24) is 10.6 Å². The maximum atomic E-state index is 11.7. The van der Waals surface area contributed by atoms with E-state index in [-0.39, 0.29) is 24.0 Å². The van der Waals surface area contributed by atoms with Crippen LogP contribution in [0.5, 0.6) is 11.5 Å². The van der Waals surface area contributed by atoms with Crippen molar-refractivity contribution in [3.05, 3.63) is 23.8 Å². The quantitative estimate of drug-likeness (QED) is 0.518. The van der Waals surface area contributed by atoms with Gasteiger partial charge in [0, 0.05) is 12.5 Å². The van der Waals surface area contributed by atoms with E-state index in [1.807, 2.05) is 0 Å². The molecular weight excluding hydrogens is 276 g/mol. The number of carboxylic acids is 1. The predicted octanol–water partition coefficient (Wildman–Crippen LogP) is 0.945. The van der Waals surface area contributed by atoms with Gasteiger partial charge in [-0.3, -0.25) is 0 Å². The lowest BCUT2D eigenvalue weighted by Gasteiger charge is -2.27. The number of carbonyl (C=O) groups excluding carboxylic acids is 1. The number of phenolic OH excluding ortho intramolecular Hbond substituents is 2. The second kappa shape index (κ2) is 6.34. The summed E-state index contributed by atoms with van der Waals surface area (Å²) in [5.74, 6) is -1.76. The highest BCUT2D eigenvalue weighted by molar-refractivity contribution is 5.83. The normalized spacial score (nSPS) is 15.8. The zero-order chi connectivity index (χ0) is 15.4. The van der Waals surface area contributed by atoms with Gasteiger partial charge in [-0.1, -0.05) is 6.07 Å². The number of aromatic hydroxyl groups is 2. The minimum atomic E-state index is -1.16. The molecule has 5 N–H and O–H groups in total. The van der Waals surface area contributed by atoms with E-state index in [0.717, 1.165) is 19.3 Å². The fourth-order valence-electron chi connectivity index (χ4n) is 2.07. The van der Waals surface area contributed by atoms with Crippen molar-refractivity contribution in [2.75, 3.05) is 0 Å². The fraction of sp³-hybridized carbons (Fsp3) is 0.429. The van der Waals surface area contributed by atoms with E-state index in [0.29, 0.717) is 5.56 Å². The van der Waals surface area contributed by atoms with E-state index in [2.05, 4.69) is 10.6 Å². The largest absolute Gasteiger partial charge is 0.504 e. The van der Waals surface area contributed by atoms with Crippen molar-refractivity contribution in [2.45, 2.75) is 37.8 Å². The van der Waals surface area contributed by atoms with Gasteiger partial charge in [0.15, 0.2) is 11.5 Å². The molecule has 21 heavy (non-hydrogen) atoms. The molecule has 114 valence electrons. The van der Waals surface area contributed by atoms with Crippen LogP contribution in [0.4, 0.5) is 4.79 Å². The van der Waals surface area contributed by atoms with Crippen molar-refractivity contribution in [2.24, 2.45) is 0 Å². The molecule has 0 aliphatic heterocycles. The van der Waals surface area contributed by atoms with Gasteiger partial charge in [-0.2, -0.15) is 0 Å². The summed E-state index contributed by atoms with van der Waals surface area (Å²) in [6, 6.07) is 2.56. The van der Waals surface area contributed by atoms with Gasteiger partial charge in [0.25, 0.3) is 0 Å². The number of hydrogen-bond donors (Lipinski definition) is 5. The Morgan fingerprint density at radius 1 is 1.24 bits per heavy atom. The number of urea groups is 1. The van der Waals surface area contributed by atoms with Gasteiger partial charge in [-0.15, -0.1) is 0 Å². The van der Waals surface area contributed by atoms with Gasteiger partial charge in [0.05, 0.1) is 0 Å². The SMILES string of the molecule is O=C(NC1CCC1)NC(Cc1ccc(O)c(O)c1)C(=O)O. The number of aliphatic carboxylic acids is 1. The van der Waals surface area contributed by atoms with Crippen LogP contribution in [0.1, 0.15) is 24.8 Å². The molecule has 7 heteroatoms. The second-order valence-electron chi connectivity index (χ2n) is 5.16. The first-order valence-electron chi connectivity index (χ1n) is 6.76. The summed E-state index contributed by atoms with van der Waals surface area (Å²) in [6.07, 6.45) is 2.91. The Labute approximate surface area is 121 Å². The molecule has 0 bridgehead atoms. The van der Waals surface area contributed by atoms with E-state index in [9.17, 15) is 19.8 Å². The van der Waals surface area contributed by atoms with Crippen LogP contribution >= 0.6 is 0 Å². The molecular formula is C14H18N2O5. The van der Waals surface area contributed by atoms with Crippen LogP contribution in [0, 0.1) is 0 Å². The summed E-state index contributed by atoms with van der Waals surface area (Å²) in [6.45, 7) is 0. The monoisotopic (exact) mass is 294 g/mol. The van der Waals surface area contributed by atoms with Crippen LogP contribution in [0.15, 0.2) is 18.2 Å². The number of phenols is 2. The average molecular weight is 294 g/mol. The van der Waals surface area contributed by atoms with E-state index in [1.54, 1.807) is 0 Å². The number of benzene rings is 1. The molecule has 2 rings (SSSR count). The Hall–Kier alpha value is -2.44. The van der Waals surface area contributed by atoms with Gasteiger partial charge in [-0.25, -0.2) is 9.59 Å². The third-order valence-corrected chi connectivity index (χ3v) is 3.52. The van der Waals surface area contributed by atoms with E-state index < -0.39 is 18.0 Å². The highest BCUT2D eigenvalue weighted by Gasteiger charge is 2.24. The molecule has 1 aliphatic carbocycles. The lowest BCUT2D eigenvalue weighted by molar-refractivity contribution is -0.139. The number of amides is 2. The van der Waals surface area contributed by atoms with Gasteiger partial charge >= 0.3 is 12.0 Å². The molecule has 2 amide bonds. The maximum Gasteiger partial charge on any atom is 0.326 e. The highest BCUT2D eigenvalue weighted by atomic mass is 16.4. The lowest BCUT2D eigenvalue weighted by Crippen LogP contribution is -2.51. The molecule has 1 atom stereocenters. The Bertz CT molecular complexity index is 542. The van der Waals surface area contributed by atoms with Gasteiger partial charge in [0.1, 0.15) is 6.04 Å². The van der Waals surface area contributed by atoms with E-state index >= 15 is 0 Å². The smallest absolute Gasteiger partial charge is 0.326 e. The number of carbonyl (C=O) groups is 2. The summed E-state index contributed by atoms with van der Waals surface area (Å²) < 4.78 is 0. The zero-order valence-electron chi connectivity index (χ0n) is 11.4. The van der Waals surface area contributed by atoms with Gasteiger partial charge < -0.3 is 26.0 Å². The first kappa shape index (κ1) is 15.0. The summed E-state index contributed by atoms with van der Waals surface area (Å²) in [5.41, 5.74) is 0.502. The molecule has 1 aromatic rings. The van der Waals surface area contributed by atoms with Crippen LogP contribution in [0.2, 0.25) is 0 Å². The number of rotatable bonds is 5. The Balaban J connectivity index is 1.96. The van der Waals surface area contributed by atoms with Crippen molar-refractivity contribution < 1.29 is 24.9 Å². The molecule has 0 aromatic heterocycles. The van der Waals surface area contributed by atoms with Gasteiger partial charge in [-0.05, 0) is 37.0 Å². The maximum absolute atomic E-state index is 11.7. The number of hydrogen-bond acceptors (Lipinski definition) is 4. The number of nitrogens with one attached hydrogen (secondary N) is 2. The summed E-state index contributed by atoms with van der Waals surface area (Å²) in [7, 11) is 0. The van der Waals surface area contributed by atoms with Crippen molar-refractivity contribution in [3.8, 4) is 11.5 Å². The van der Waals surface area contributed by atoms with E-state index in [1.165, 1.54) is 18.2 Å². The third-order valence-electron chi connectivity index (χ3n) is 3.52. The summed E-state index contributed by atoms with van der Waals surface area (Å²) in [5, 5.41) is 32.9. The van der Waals surface area contributed by atoms with Crippen molar-refractivity contribution >= 4 is 12.0 Å². The van der Waals surface area contributed by atoms with Crippen LogP contribution < -0.4 is 10.6 Å². The molecule has 1 saturated carbocycles. The minimum Gasteiger partial charge on any atom is -0.504 e. The third kappa shape index (κ3) is 4.01. The molecule has 1 aliphatic rings. The topological polar surface area (TPSA) is 119 Å². The van der Waals surface area contributed by atoms with Crippen LogP contribution in [-0.2, 0) is 11.2 Å². The molecule has 1 unspecified atom stereocenters. The van der Waals surface area contributed by atoms with Gasteiger partial charge in [0.2, 0.25) is 0 Å². The molecule has 0 radical (unpaired) electrons. The average Bonchev–Trinajstić information content (AvgIpc) is 2.37. The molecule has 7 nitrogen and oxygen atoms in total. The van der Waals surface area contributed by atoms with Crippen molar-refractivity contribution in [3.63, 3.8) is 0 Å². The van der Waals surface area contributed by atoms with Crippen LogP contribution in [0.25, 0.3) is 0 Å². The summed E-state index contributed by atoms with van der Waals surface area (Å²) in [4.78, 5) is 22.9. The zero-order valence-corrected chi connectivity index (χ0v) is 11.4. The molecule has 0 heterocycles. The van der Waals surface area contributed by atoms with Crippen LogP contribution in [-0.4, -0.2) is 39.4 Å². The fourth-order valence-corrected chi connectivity index (χ4v) is 2.07. The predicted molar refractivity (Wildman–Crippen MR) is 74.2 cm³/mol. The Morgan fingerprint density at radius 3 is 2.48 bits per heavy atom. The Kier molecular flexibility index (Phi) is 4.52. The second-order valence-corrected chi connectivity index (χ2v) is 5.16. The first-order valence-corrected chi connectivity index (χ1v) is 6.76.